The number of aromatic nitrogens is 2. The molecule has 0 atom stereocenters. The number of aliphatic hydroxyl groups is 1. The Morgan fingerprint density at radius 1 is 1.38 bits per heavy atom. The standard InChI is InChI=1S/C9H17BN2O4/c1-8(2,13)9(3,4)16-10(14)15-7-5-11-12-6-7/h5-6,13-14H,1-4H3,(H,11,12). The highest BCUT2D eigenvalue weighted by Gasteiger charge is 2.40. The van der Waals surface area contributed by atoms with Gasteiger partial charge in [-0.25, -0.2) is 0 Å². The minimum atomic E-state index is -1.46. The molecule has 0 saturated heterocycles. The molecule has 1 heterocycles. The van der Waals surface area contributed by atoms with Crippen LogP contribution in [0.3, 0.4) is 0 Å². The molecule has 0 amide bonds. The molecule has 0 bridgehead atoms. The molecule has 3 N–H and O–H groups in total. The Labute approximate surface area is 94.8 Å². The summed E-state index contributed by atoms with van der Waals surface area (Å²) in [6.45, 7) is 6.51. The first kappa shape index (κ1) is 13.0. The molecule has 0 unspecified atom stereocenters. The van der Waals surface area contributed by atoms with E-state index in [2.05, 4.69) is 10.2 Å². The third-order valence-corrected chi connectivity index (χ3v) is 2.58. The molecule has 0 aliphatic heterocycles. The third-order valence-electron chi connectivity index (χ3n) is 2.58. The van der Waals surface area contributed by atoms with Crippen LogP contribution in [0.5, 0.6) is 5.75 Å². The van der Waals surface area contributed by atoms with Crippen LogP contribution in [-0.2, 0) is 4.65 Å². The van der Waals surface area contributed by atoms with Gasteiger partial charge in [0.2, 0.25) is 0 Å². The van der Waals surface area contributed by atoms with Crippen molar-refractivity contribution >= 4 is 7.32 Å². The maximum atomic E-state index is 9.81. The van der Waals surface area contributed by atoms with Gasteiger partial charge in [0.25, 0.3) is 0 Å². The largest absolute Gasteiger partial charge is 0.710 e. The molecule has 1 aromatic rings. The van der Waals surface area contributed by atoms with Crippen molar-refractivity contribution in [3.63, 3.8) is 0 Å². The average molecular weight is 228 g/mol. The fraction of sp³-hybridized carbons (Fsp3) is 0.667. The van der Waals surface area contributed by atoms with Crippen LogP contribution in [0.25, 0.3) is 0 Å². The SMILES string of the molecule is CC(C)(O)C(C)(C)OB(O)Oc1cn[nH]c1. The first-order valence-corrected chi connectivity index (χ1v) is 4.96. The molecule has 1 aromatic heterocycles. The van der Waals surface area contributed by atoms with Gasteiger partial charge in [0.05, 0.1) is 23.6 Å². The topological polar surface area (TPSA) is 87.6 Å². The van der Waals surface area contributed by atoms with Gasteiger partial charge in [0.15, 0.2) is 0 Å². The highest BCUT2D eigenvalue weighted by atomic mass is 16.7. The number of aromatic amines is 1. The maximum absolute atomic E-state index is 9.81. The first-order chi connectivity index (χ1) is 7.22. The predicted octanol–water partition coefficient (Wildman–Crippen LogP) is 0.332. The van der Waals surface area contributed by atoms with E-state index >= 15 is 0 Å². The molecule has 90 valence electrons. The molecule has 0 saturated carbocycles. The summed E-state index contributed by atoms with van der Waals surface area (Å²) < 4.78 is 10.2. The summed E-state index contributed by atoms with van der Waals surface area (Å²) in [5.74, 6) is 0.360. The lowest BCUT2D eigenvalue weighted by Crippen LogP contribution is -2.51. The summed E-state index contributed by atoms with van der Waals surface area (Å²) in [7, 11) is -1.46. The zero-order valence-corrected chi connectivity index (χ0v) is 9.89. The van der Waals surface area contributed by atoms with Gasteiger partial charge in [-0.15, -0.1) is 0 Å². The lowest BCUT2D eigenvalue weighted by molar-refractivity contribution is -0.108. The van der Waals surface area contributed by atoms with E-state index in [4.69, 9.17) is 9.31 Å². The minimum absolute atomic E-state index is 0.360. The van der Waals surface area contributed by atoms with E-state index in [1.165, 1.54) is 12.4 Å². The van der Waals surface area contributed by atoms with Crippen LogP contribution < -0.4 is 4.65 Å². The van der Waals surface area contributed by atoms with E-state index in [0.29, 0.717) is 5.75 Å². The predicted molar refractivity (Wildman–Crippen MR) is 58.7 cm³/mol. The Kier molecular flexibility index (Phi) is 3.62. The van der Waals surface area contributed by atoms with Crippen LogP contribution in [-0.4, -0.2) is 38.9 Å². The number of nitrogens with one attached hydrogen (secondary N) is 1. The fourth-order valence-corrected chi connectivity index (χ4v) is 0.840. The van der Waals surface area contributed by atoms with Crippen molar-refractivity contribution in [1.82, 2.24) is 10.2 Å². The highest BCUT2D eigenvalue weighted by molar-refractivity contribution is 6.35. The lowest BCUT2D eigenvalue weighted by atomic mass is 9.88. The molecule has 0 aliphatic rings. The van der Waals surface area contributed by atoms with Gasteiger partial charge < -0.3 is 19.4 Å². The molecule has 0 fully saturated rings. The summed E-state index contributed by atoms with van der Waals surface area (Å²) in [6.07, 6.45) is 2.88. The molecule has 1 rings (SSSR count). The lowest BCUT2D eigenvalue weighted by Gasteiger charge is -2.37. The Morgan fingerprint density at radius 2 is 2.00 bits per heavy atom. The summed E-state index contributed by atoms with van der Waals surface area (Å²) in [6, 6.07) is 0. The van der Waals surface area contributed by atoms with E-state index in [9.17, 15) is 10.1 Å². The third kappa shape index (κ3) is 3.23. The summed E-state index contributed by atoms with van der Waals surface area (Å²) in [5.41, 5.74) is -2.05. The highest BCUT2D eigenvalue weighted by Crippen LogP contribution is 2.25. The Hall–Kier alpha value is -1.05. The smallest absolute Gasteiger partial charge is 0.509 e. The second-order valence-electron chi connectivity index (χ2n) is 4.55. The zero-order valence-electron chi connectivity index (χ0n) is 9.89. The van der Waals surface area contributed by atoms with Crippen molar-refractivity contribution in [2.75, 3.05) is 0 Å². The zero-order chi connectivity index (χ0) is 12.4. The van der Waals surface area contributed by atoms with Crippen LogP contribution >= 0.6 is 0 Å². The van der Waals surface area contributed by atoms with Gasteiger partial charge in [-0.1, -0.05) is 0 Å². The molecule has 0 radical (unpaired) electrons. The first-order valence-electron chi connectivity index (χ1n) is 4.96. The van der Waals surface area contributed by atoms with Crippen LogP contribution in [0, 0.1) is 0 Å². The molecular formula is C9H17BN2O4. The number of hydrogen-bond donors (Lipinski definition) is 3. The Balaban J connectivity index is 2.54. The van der Waals surface area contributed by atoms with Crippen molar-refractivity contribution in [1.29, 1.82) is 0 Å². The van der Waals surface area contributed by atoms with Crippen molar-refractivity contribution in [2.24, 2.45) is 0 Å². The minimum Gasteiger partial charge on any atom is -0.509 e. The molecule has 0 spiro atoms. The quantitative estimate of drug-likeness (QED) is 0.632. The van der Waals surface area contributed by atoms with E-state index in [0.717, 1.165) is 0 Å². The monoisotopic (exact) mass is 228 g/mol. The van der Waals surface area contributed by atoms with E-state index < -0.39 is 18.5 Å². The Morgan fingerprint density at radius 3 is 2.44 bits per heavy atom. The molecule has 0 aromatic carbocycles. The molecular weight excluding hydrogens is 211 g/mol. The second-order valence-corrected chi connectivity index (χ2v) is 4.55. The van der Waals surface area contributed by atoms with Crippen LogP contribution in [0.4, 0.5) is 0 Å². The van der Waals surface area contributed by atoms with Crippen molar-refractivity contribution in [3.8, 4) is 5.75 Å². The van der Waals surface area contributed by atoms with Crippen molar-refractivity contribution < 1.29 is 19.4 Å². The summed E-state index contributed by atoms with van der Waals surface area (Å²) >= 11 is 0. The van der Waals surface area contributed by atoms with Crippen molar-refractivity contribution in [2.45, 2.75) is 38.9 Å². The van der Waals surface area contributed by atoms with E-state index in [-0.39, 0.29) is 0 Å². The van der Waals surface area contributed by atoms with E-state index in [1.807, 2.05) is 0 Å². The maximum Gasteiger partial charge on any atom is 0.710 e. The molecule has 16 heavy (non-hydrogen) atoms. The molecule has 0 aliphatic carbocycles. The fourth-order valence-electron chi connectivity index (χ4n) is 0.840. The summed E-state index contributed by atoms with van der Waals surface area (Å²) in [5, 5.41) is 25.5. The van der Waals surface area contributed by atoms with Gasteiger partial charge in [-0.05, 0) is 27.7 Å². The van der Waals surface area contributed by atoms with Gasteiger partial charge in [-0.2, -0.15) is 5.10 Å². The van der Waals surface area contributed by atoms with Crippen LogP contribution in [0.1, 0.15) is 27.7 Å². The number of nitrogens with zero attached hydrogens (tertiary/aromatic N) is 1. The van der Waals surface area contributed by atoms with E-state index in [1.54, 1.807) is 27.7 Å². The number of hydrogen-bond acceptors (Lipinski definition) is 5. The molecule has 7 heteroatoms. The number of rotatable bonds is 5. The average Bonchev–Trinajstić information content (AvgIpc) is 2.52. The second kappa shape index (κ2) is 4.44. The summed E-state index contributed by atoms with van der Waals surface area (Å²) in [4.78, 5) is 0. The van der Waals surface area contributed by atoms with Gasteiger partial charge in [0.1, 0.15) is 5.75 Å². The van der Waals surface area contributed by atoms with Gasteiger partial charge in [-0.3, -0.25) is 5.10 Å². The Bertz CT molecular complexity index is 321. The van der Waals surface area contributed by atoms with Gasteiger partial charge >= 0.3 is 7.32 Å². The molecule has 6 nitrogen and oxygen atoms in total. The normalized spacial score (nSPS) is 12.6. The van der Waals surface area contributed by atoms with Gasteiger partial charge in [0, 0.05) is 0 Å². The number of H-pyrrole nitrogens is 1. The van der Waals surface area contributed by atoms with Crippen molar-refractivity contribution in [3.05, 3.63) is 12.4 Å². The van der Waals surface area contributed by atoms with Crippen LogP contribution in [0.2, 0.25) is 0 Å². The van der Waals surface area contributed by atoms with Crippen LogP contribution in [0.15, 0.2) is 12.4 Å².